The van der Waals surface area contributed by atoms with E-state index in [2.05, 4.69) is 37.2 Å². The van der Waals surface area contributed by atoms with Gasteiger partial charge in [-0.2, -0.15) is 0 Å². The maximum absolute atomic E-state index is 4.38. The molecule has 2 aromatic rings. The molecule has 0 N–H and O–H groups in total. The average molecular weight is 289 g/mol. The predicted molar refractivity (Wildman–Crippen MR) is 80.8 cm³/mol. The summed E-state index contributed by atoms with van der Waals surface area (Å²) in [6.07, 6.45) is 5.86. The van der Waals surface area contributed by atoms with Crippen molar-refractivity contribution in [3.05, 3.63) is 35.2 Å². The van der Waals surface area contributed by atoms with E-state index in [0.29, 0.717) is 6.04 Å². The lowest BCUT2D eigenvalue weighted by molar-refractivity contribution is 0.196. The number of hydrogen-bond donors (Lipinski definition) is 0. The molecule has 6 heteroatoms. The van der Waals surface area contributed by atoms with Crippen molar-refractivity contribution in [2.45, 2.75) is 25.4 Å². The first-order chi connectivity index (χ1) is 9.83. The number of nitrogens with zero attached hydrogens (tertiary/aromatic N) is 5. The van der Waals surface area contributed by atoms with Gasteiger partial charge in [-0.15, -0.1) is 11.3 Å². The molecule has 1 aliphatic heterocycles. The highest BCUT2D eigenvalue weighted by atomic mass is 32.1. The van der Waals surface area contributed by atoms with Gasteiger partial charge in [0, 0.05) is 37.8 Å². The van der Waals surface area contributed by atoms with Gasteiger partial charge in [0.2, 0.25) is 0 Å². The Bertz CT molecular complexity index is 516. The van der Waals surface area contributed by atoms with Crippen LogP contribution in [0.15, 0.2) is 29.5 Å². The molecule has 1 unspecified atom stereocenters. The van der Waals surface area contributed by atoms with Gasteiger partial charge >= 0.3 is 0 Å². The second-order valence-corrected chi connectivity index (χ2v) is 5.91. The van der Waals surface area contributed by atoms with Gasteiger partial charge in [0.1, 0.15) is 12.1 Å². The minimum Gasteiger partial charge on any atom is -0.355 e. The largest absolute Gasteiger partial charge is 0.355 e. The minimum atomic E-state index is 0.511. The molecular formula is C14H19N5S. The lowest BCUT2D eigenvalue weighted by Gasteiger charge is -2.37. The van der Waals surface area contributed by atoms with Crippen LogP contribution in [0.2, 0.25) is 0 Å². The Morgan fingerprint density at radius 1 is 1.45 bits per heavy atom. The molecule has 5 nitrogen and oxygen atoms in total. The topological polar surface area (TPSA) is 45.2 Å². The Morgan fingerprint density at radius 3 is 3.15 bits per heavy atom. The SMILES string of the molecule is CN(c1ccncn1)C1CCCN(Cc2cscn2)C1. The Morgan fingerprint density at radius 2 is 2.40 bits per heavy atom. The van der Waals surface area contributed by atoms with E-state index in [1.54, 1.807) is 23.9 Å². The lowest BCUT2D eigenvalue weighted by Crippen LogP contribution is -2.46. The maximum atomic E-state index is 4.38. The lowest BCUT2D eigenvalue weighted by atomic mass is 10.0. The smallest absolute Gasteiger partial charge is 0.131 e. The van der Waals surface area contributed by atoms with Crippen LogP contribution in [0, 0.1) is 0 Å². The van der Waals surface area contributed by atoms with E-state index in [9.17, 15) is 0 Å². The number of rotatable bonds is 4. The highest BCUT2D eigenvalue weighted by Crippen LogP contribution is 2.20. The van der Waals surface area contributed by atoms with Crippen molar-refractivity contribution in [2.24, 2.45) is 0 Å². The second-order valence-electron chi connectivity index (χ2n) is 5.19. The summed E-state index contributed by atoms with van der Waals surface area (Å²) in [7, 11) is 2.12. The summed E-state index contributed by atoms with van der Waals surface area (Å²) in [5, 5.41) is 2.14. The molecule has 20 heavy (non-hydrogen) atoms. The van der Waals surface area contributed by atoms with Crippen LogP contribution >= 0.6 is 11.3 Å². The molecular weight excluding hydrogens is 270 g/mol. The van der Waals surface area contributed by atoms with Gasteiger partial charge < -0.3 is 4.90 Å². The number of anilines is 1. The Labute approximate surface area is 123 Å². The summed E-state index contributed by atoms with van der Waals surface area (Å²) in [5.41, 5.74) is 3.09. The van der Waals surface area contributed by atoms with Gasteiger partial charge in [-0.05, 0) is 25.5 Å². The number of likely N-dealkylation sites (N-methyl/N-ethyl adjacent to an activating group) is 1. The third-order valence-corrected chi connectivity index (χ3v) is 4.46. The molecule has 1 aliphatic rings. The standard InChI is InChI=1S/C14H19N5S/c1-18(14-4-5-15-10-16-14)13-3-2-6-19(8-13)7-12-9-20-11-17-12/h4-5,9-11,13H,2-3,6-8H2,1H3. The normalized spacial score (nSPS) is 19.9. The van der Waals surface area contributed by atoms with Crippen LogP contribution < -0.4 is 4.90 Å². The summed E-state index contributed by atoms with van der Waals surface area (Å²) in [6.45, 7) is 3.18. The summed E-state index contributed by atoms with van der Waals surface area (Å²) in [4.78, 5) is 17.5. The molecule has 0 aliphatic carbocycles. The van der Waals surface area contributed by atoms with Crippen LogP contribution in [-0.4, -0.2) is 46.0 Å². The predicted octanol–water partition coefficient (Wildman–Crippen LogP) is 2.03. The van der Waals surface area contributed by atoms with E-state index >= 15 is 0 Å². The fraction of sp³-hybridized carbons (Fsp3) is 0.500. The van der Waals surface area contributed by atoms with Gasteiger partial charge in [0.15, 0.2) is 0 Å². The first-order valence-electron chi connectivity index (χ1n) is 6.91. The molecule has 1 saturated heterocycles. The highest BCUT2D eigenvalue weighted by Gasteiger charge is 2.24. The van der Waals surface area contributed by atoms with Crippen molar-refractivity contribution in [3.8, 4) is 0 Å². The molecule has 0 radical (unpaired) electrons. The molecule has 106 valence electrons. The summed E-state index contributed by atoms with van der Waals surface area (Å²) >= 11 is 1.67. The fourth-order valence-corrected chi connectivity index (χ4v) is 3.26. The number of hydrogen-bond acceptors (Lipinski definition) is 6. The van der Waals surface area contributed by atoms with E-state index in [-0.39, 0.29) is 0 Å². The van der Waals surface area contributed by atoms with Gasteiger partial charge in [0.25, 0.3) is 0 Å². The first-order valence-corrected chi connectivity index (χ1v) is 7.85. The number of piperidine rings is 1. The van der Waals surface area contributed by atoms with Gasteiger partial charge in [-0.1, -0.05) is 0 Å². The number of likely N-dealkylation sites (tertiary alicyclic amines) is 1. The summed E-state index contributed by atoms with van der Waals surface area (Å²) in [6, 6.07) is 2.48. The molecule has 0 amide bonds. The van der Waals surface area contributed by atoms with Crippen LogP contribution in [0.3, 0.4) is 0 Å². The Balaban J connectivity index is 1.63. The Hall–Kier alpha value is -1.53. The van der Waals surface area contributed by atoms with Gasteiger partial charge in [0.05, 0.1) is 11.2 Å². The highest BCUT2D eigenvalue weighted by molar-refractivity contribution is 7.07. The molecule has 3 rings (SSSR count). The third kappa shape index (κ3) is 3.13. The summed E-state index contributed by atoms with van der Waals surface area (Å²) < 4.78 is 0. The van der Waals surface area contributed by atoms with E-state index in [1.807, 2.05) is 11.6 Å². The molecule has 0 bridgehead atoms. The van der Waals surface area contributed by atoms with Crippen LogP contribution in [0.5, 0.6) is 0 Å². The molecule has 1 atom stereocenters. The zero-order valence-electron chi connectivity index (χ0n) is 11.6. The minimum absolute atomic E-state index is 0.511. The summed E-state index contributed by atoms with van der Waals surface area (Å²) in [5.74, 6) is 1.00. The zero-order valence-corrected chi connectivity index (χ0v) is 12.5. The van der Waals surface area contributed by atoms with Crippen LogP contribution in [0.25, 0.3) is 0 Å². The molecule has 2 aromatic heterocycles. The number of aromatic nitrogens is 3. The molecule has 1 fully saturated rings. The van der Waals surface area contributed by atoms with Gasteiger partial charge in [-0.3, -0.25) is 4.90 Å². The van der Waals surface area contributed by atoms with Crippen LogP contribution in [-0.2, 0) is 6.54 Å². The molecule has 0 saturated carbocycles. The van der Waals surface area contributed by atoms with Crippen LogP contribution in [0.4, 0.5) is 5.82 Å². The van der Waals surface area contributed by atoms with Crippen LogP contribution in [0.1, 0.15) is 18.5 Å². The van der Waals surface area contributed by atoms with Crippen molar-refractivity contribution < 1.29 is 0 Å². The fourth-order valence-electron chi connectivity index (χ4n) is 2.71. The van der Waals surface area contributed by atoms with Crippen molar-refractivity contribution in [1.29, 1.82) is 0 Å². The first kappa shape index (κ1) is 13.5. The van der Waals surface area contributed by atoms with Crippen molar-refractivity contribution in [3.63, 3.8) is 0 Å². The van der Waals surface area contributed by atoms with E-state index < -0.39 is 0 Å². The van der Waals surface area contributed by atoms with E-state index in [1.165, 1.54) is 18.5 Å². The maximum Gasteiger partial charge on any atom is 0.131 e. The molecule has 0 aromatic carbocycles. The molecule has 0 spiro atoms. The second kappa shape index (κ2) is 6.28. The molecule has 3 heterocycles. The average Bonchev–Trinajstić information content (AvgIpc) is 3.01. The zero-order chi connectivity index (χ0) is 13.8. The van der Waals surface area contributed by atoms with E-state index in [4.69, 9.17) is 0 Å². The van der Waals surface area contributed by atoms with Crippen molar-refractivity contribution in [1.82, 2.24) is 19.9 Å². The number of thiazole rings is 1. The Kier molecular flexibility index (Phi) is 4.22. The van der Waals surface area contributed by atoms with E-state index in [0.717, 1.165) is 25.5 Å². The monoisotopic (exact) mass is 289 g/mol. The van der Waals surface area contributed by atoms with Gasteiger partial charge in [-0.25, -0.2) is 15.0 Å². The van der Waals surface area contributed by atoms with Crippen molar-refractivity contribution >= 4 is 17.2 Å². The quantitative estimate of drug-likeness (QED) is 0.862. The van der Waals surface area contributed by atoms with Crippen molar-refractivity contribution in [2.75, 3.05) is 25.0 Å². The third-order valence-electron chi connectivity index (χ3n) is 3.83.